The first-order valence-electron chi connectivity index (χ1n) is 12.4. The highest BCUT2D eigenvalue weighted by molar-refractivity contribution is 6.32. The van der Waals surface area contributed by atoms with E-state index in [9.17, 15) is 14.4 Å². The van der Waals surface area contributed by atoms with Gasteiger partial charge in [-0.25, -0.2) is 14.7 Å². The zero-order valence-electron chi connectivity index (χ0n) is 22.2. The molecule has 2 aliphatic heterocycles. The highest BCUT2D eigenvalue weighted by Gasteiger charge is 2.38. The van der Waals surface area contributed by atoms with Crippen LogP contribution in [0.15, 0.2) is 24.3 Å². The number of benzene rings is 1. The standard InChI is InChI=1S/C27H34ClN5O4/c1-27(2,3)37-26(36)33-14-18-19(28)8-9-20(24(18)25(33)35)29-22-10-7-17(21(30-22)15-31(4)5)16-11-12-32(6)23(34)13-16/h7-10,16H,11-15H2,1-6H3,(H,29,30). The van der Waals surface area contributed by atoms with Crippen molar-refractivity contribution in [1.82, 2.24) is 19.7 Å². The molecule has 1 saturated heterocycles. The highest BCUT2D eigenvalue weighted by atomic mass is 35.5. The average Bonchev–Trinajstić information content (AvgIpc) is 3.15. The van der Waals surface area contributed by atoms with Gasteiger partial charge in [0.15, 0.2) is 0 Å². The molecule has 2 aliphatic rings. The number of hydrogen-bond acceptors (Lipinski definition) is 7. The van der Waals surface area contributed by atoms with Crippen LogP contribution in [0.5, 0.6) is 0 Å². The molecule has 0 spiro atoms. The smallest absolute Gasteiger partial charge is 0.417 e. The minimum absolute atomic E-state index is 0.0415. The van der Waals surface area contributed by atoms with Crippen LogP contribution in [0.1, 0.15) is 66.7 Å². The first kappa shape index (κ1) is 26.9. The van der Waals surface area contributed by atoms with Gasteiger partial charge in [-0.05, 0) is 71.0 Å². The molecule has 198 valence electrons. The molecule has 3 amide bonds. The van der Waals surface area contributed by atoms with Crippen LogP contribution in [0.3, 0.4) is 0 Å². The molecule has 9 nitrogen and oxygen atoms in total. The van der Waals surface area contributed by atoms with E-state index in [4.69, 9.17) is 21.3 Å². The zero-order chi connectivity index (χ0) is 27.1. The van der Waals surface area contributed by atoms with Crippen molar-refractivity contribution in [2.24, 2.45) is 0 Å². The molecule has 0 aliphatic carbocycles. The molecular formula is C27H34ClN5O4. The molecule has 2 aromatic rings. The largest absolute Gasteiger partial charge is 0.443 e. The Kier molecular flexibility index (Phi) is 7.48. The second-order valence-corrected chi connectivity index (χ2v) is 11.3. The summed E-state index contributed by atoms with van der Waals surface area (Å²) in [7, 11) is 5.78. The van der Waals surface area contributed by atoms with Gasteiger partial charge in [0.25, 0.3) is 5.91 Å². The lowest BCUT2D eigenvalue weighted by Gasteiger charge is -2.30. The van der Waals surface area contributed by atoms with Crippen molar-refractivity contribution in [1.29, 1.82) is 0 Å². The number of pyridine rings is 1. The summed E-state index contributed by atoms with van der Waals surface area (Å²) in [5.41, 5.74) is 2.63. The van der Waals surface area contributed by atoms with E-state index in [-0.39, 0.29) is 18.4 Å². The quantitative estimate of drug-likeness (QED) is 0.598. The molecule has 1 aromatic heterocycles. The maximum atomic E-state index is 13.3. The Morgan fingerprint density at radius 1 is 1.22 bits per heavy atom. The molecule has 10 heteroatoms. The molecule has 0 radical (unpaired) electrons. The SMILES string of the molecule is CN(C)Cc1nc(Nc2ccc(Cl)c3c2C(=O)N(C(=O)OC(C)(C)C)C3)ccc1C1CCN(C)C(=O)C1. The third kappa shape index (κ3) is 5.88. The minimum Gasteiger partial charge on any atom is -0.443 e. The lowest BCUT2D eigenvalue weighted by Crippen LogP contribution is -2.37. The number of fused-ring (bicyclic) bond motifs is 1. The molecular weight excluding hydrogens is 494 g/mol. The van der Waals surface area contributed by atoms with E-state index in [1.54, 1.807) is 37.8 Å². The molecule has 1 fully saturated rings. The topological polar surface area (TPSA) is 95.1 Å². The minimum atomic E-state index is -0.732. The van der Waals surface area contributed by atoms with Crippen LogP contribution in [-0.2, 0) is 22.6 Å². The molecule has 1 atom stereocenters. The Labute approximate surface area is 222 Å². The number of piperidine rings is 1. The van der Waals surface area contributed by atoms with Crippen LogP contribution in [-0.4, -0.2) is 70.9 Å². The van der Waals surface area contributed by atoms with Gasteiger partial charge >= 0.3 is 6.09 Å². The Balaban J connectivity index is 1.63. The van der Waals surface area contributed by atoms with Gasteiger partial charge in [-0.2, -0.15) is 0 Å². The van der Waals surface area contributed by atoms with Gasteiger partial charge in [0, 0.05) is 37.1 Å². The van der Waals surface area contributed by atoms with Crippen LogP contribution in [0, 0.1) is 0 Å². The molecule has 1 unspecified atom stereocenters. The lowest BCUT2D eigenvalue weighted by atomic mass is 9.88. The van der Waals surface area contributed by atoms with E-state index in [2.05, 4.69) is 5.32 Å². The fraction of sp³-hybridized carbons (Fsp3) is 0.481. The zero-order valence-corrected chi connectivity index (χ0v) is 23.0. The first-order valence-corrected chi connectivity index (χ1v) is 12.7. The summed E-state index contributed by atoms with van der Waals surface area (Å²) in [6, 6.07) is 7.30. The molecule has 4 rings (SSSR count). The van der Waals surface area contributed by atoms with Crippen molar-refractivity contribution in [2.75, 3.05) is 33.0 Å². The van der Waals surface area contributed by atoms with Crippen LogP contribution in [0.4, 0.5) is 16.3 Å². The van der Waals surface area contributed by atoms with Gasteiger partial charge in [-0.3, -0.25) is 9.59 Å². The number of aromatic nitrogens is 1. The molecule has 0 bridgehead atoms. The van der Waals surface area contributed by atoms with Gasteiger partial charge in [0.1, 0.15) is 11.4 Å². The van der Waals surface area contributed by atoms with Gasteiger partial charge in [0.05, 0.1) is 23.5 Å². The predicted molar refractivity (Wildman–Crippen MR) is 142 cm³/mol. The number of carbonyl (C=O) groups excluding carboxylic acids is 3. The monoisotopic (exact) mass is 527 g/mol. The normalized spacial score (nSPS) is 17.9. The predicted octanol–water partition coefficient (Wildman–Crippen LogP) is 4.77. The van der Waals surface area contributed by atoms with Crippen LogP contribution in [0.25, 0.3) is 0 Å². The molecule has 37 heavy (non-hydrogen) atoms. The number of anilines is 2. The average molecular weight is 528 g/mol. The number of nitrogens with zero attached hydrogens (tertiary/aromatic N) is 4. The second kappa shape index (κ2) is 10.3. The van der Waals surface area contributed by atoms with E-state index in [0.29, 0.717) is 40.6 Å². The Morgan fingerprint density at radius 2 is 1.95 bits per heavy atom. The van der Waals surface area contributed by atoms with Gasteiger partial charge in [-0.1, -0.05) is 17.7 Å². The Hall–Kier alpha value is -3.17. The second-order valence-electron chi connectivity index (χ2n) is 10.9. The maximum absolute atomic E-state index is 13.3. The third-order valence-corrected chi connectivity index (χ3v) is 6.84. The first-order chi connectivity index (χ1) is 17.3. The Morgan fingerprint density at radius 3 is 2.59 bits per heavy atom. The summed E-state index contributed by atoms with van der Waals surface area (Å²) < 4.78 is 5.42. The fourth-order valence-electron chi connectivity index (χ4n) is 4.68. The molecule has 1 N–H and O–H groups in total. The van der Waals surface area contributed by atoms with Crippen molar-refractivity contribution < 1.29 is 19.1 Å². The number of nitrogens with one attached hydrogen (secondary N) is 1. The van der Waals surface area contributed by atoms with E-state index in [1.165, 1.54) is 0 Å². The number of ether oxygens (including phenoxy) is 1. The number of rotatable bonds is 5. The van der Waals surface area contributed by atoms with Crippen molar-refractivity contribution in [3.8, 4) is 0 Å². The number of imide groups is 1. The summed E-state index contributed by atoms with van der Waals surface area (Å²) in [4.78, 5) is 48.0. The maximum Gasteiger partial charge on any atom is 0.417 e. The number of likely N-dealkylation sites (tertiary alicyclic amines) is 1. The summed E-state index contributed by atoms with van der Waals surface area (Å²) in [5, 5.41) is 3.67. The third-order valence-electron chi connectivity index (χ3n) is 6.48. The van der Waals surface area contributed by atoms with E-state index in [0.717, 1.165) is 29.1 Å². The van der Waals surface area contributed by atoms with Crippen LogP contribution >= 0.6 is 11.6 Å². The molecule has 3 heterocycles. The molecule has 0 saturated carbocycles. The van der Waals surface area contributed by atoms with Crippen molar-refractivity contribution in [3.63, 3.8) is 0 Å². The summed E-state index contributed by atoms with van der Waals surface area (Å²) >= 11 is 6.41. The van der Waals surface area contributed by atoms with E-state index < -0.39 is 17.6 Å². The Bertz CT molecular complexity index is 1240. The van der Waals surface area contributed by atoms with Crippen molar-refractivity contribution in [3.05, 3.63) is 51.7 Å². The summed E-state index contributed by atoms with van der Waals surface area (Å²) in [5.74, 6) is 0.347. The van der Waals surface area contributed by atoms with Gasteiger partial charge in [-0.15, -0.1) is 0 Å². The summed E-state index contributed by atoms with van der Waals surface area (Å²) in [6.07, 6.45) is 0.640. The number of hydrogen-bond donors (Lipinski definition) is 1. The van der Waals surface area contributed by atoms with Gasteiger partial charge in [0.2, 0.25) is 5.91 Å². The van der Waals surface area contributed by atoms with E-state index in [1.807, 2.05) is 38.2 Å². The van der Waals surface area contributed by atoms with E-state index >= 15 is 0 Å². The number of carbonyl (C=O) groups is 3. The number of halogens is 1. The van der Waals surface area contributed by atoms with Crippen molar-refractivity contribution >= 4 is 41.0 Å². The fourth-order valence-corrected chi connectivity index (χ4v) is 4.90. The molecule has 1 aromatic carbocycles. The van der Waals surface area contributed by atoms with Crippen LogP contribution < -0.4 is 5.32 Å². The van der Waals surface area contributed by atoms with Gasteiger partial charge < -0.3 is 19.9 Å². The summed E-state index contributed by atoms with van der Waals surface area (Å²) in [6.45, 7) is 6.62. The highest BCUT2D eigenvalue weighted by Crippen LogP contribution is 2.37. The van der Waals surface area contributed by atoms with Crippen molar-refractivity contribution in [2.45, 2.75) is 58.2 Å². The number of amides is 3. The lowest BCUT2D eigenvalue weighted by molar-refractivity contribution is -0.132. The van der Waals surface area contributed by atoms with Crippen LogP contribution in [0.2, 0.25) is 5.02 Å².